The van der Waals surface area contributed by atoms with Crippen LogP contribution in [0.4, 0.5) is 4.79 Å². The number of benzene rings is 1. The van der Waals surface area contributed by atoms with Gasteiger partial charge in [-0.1, -0.05) is 35.5 Å². The van der Waals surface area contributed by atoms with Crippen LogP contribution in [0.2, 0.25) is 0 Å². The van der Waals surface area contributed by atoms with Crippen molar-refractivity contribution in [1.29, 1.82) is 0 Å². The number of rotatable bonds is 6. The average Bonchev–Trinajstić information content (AvgIpc) is 2.66. The van der Waals surface area contributed by atoms with Crippen molar-refractivity contribution in [2.75, 3.05) is 26.5 Å². The van der Waals surface area contributed by atoms with Gasteiger partial charge < -0.3 is 9.05 Å². The third-order valence-electron chi connectivity index (χ3n) is 3.25. The summed E-state index contributed by atoms with van der Waals surface area (Å²) in [5.74, 6) is 0. The molecule has 26 heavy (non-hydrogen) atoms. The maximum absolute atomic E-state index is 12.2. The van der Waals surface area contributed by atoms with Crippen LogP contribution in [-0.2, 0) is 32.2 Å². The van der Waals surface area contributed by atoms with Crippen LogP contribution in [-0.4, -0.2) is 46.0 Å². The van der Waals surface area contributed by atoms with Crippen LogP contribution in [0.15, 0.2) is 35.5 Å². The monoisotopic (exact) mass is 435 g/mol. The van der Waals surface area contributed by atoms with Crippen LogP contribution < -0.4 is 0 Å². The molecule has 7 nitrogen and oxygen atoms in total. The second-order valence-electron chi connectivity index (χ2n) is 5.24. The minimum Gasteiger partial charge on any atom is -0.317 e. The fourth-order valence-electron chi connectivity index (χ4n) is 1.86. The topological polar surface area (TPSA) is 63.6 Å². The molecule has 1 aromatic carbocycles. The van der Waals surface area contributed by atoms with E-state index in [0.717, 1.165) is 24.1 Å². The molecule has 0 spiro atoms. The zero-order valence-corrected chi connectivity index (χ0v) is 18.2. The first kappa shape index (κ1) is 21.7. The summed E-state index contributed by atoms with van der Waals surface area (Å²) >= 11 is 8.19. The van der Waals surface area contributed by atoms with Gasteiger partial charge in [0.15, 0.2) is 0 Å². The molecule has 144 valence electrons. The molecule has 0 N–H and O–H groups in total. The molecule has 1 fully saturated rings. The quantitative estimate of drug-likeness (QED) is 0.162. The Morgan fingerprint density at radius 3 is 2.62 bits per heavy atom. The van der Waals surface area contributed by atoms with Gasteiger partial charge in [-0.25, -0.2) is 9.10 Å². The first-order valence-corrected chi connectivity index (χ1v) is 12.4. The summed E-state index contributed by atoms with van der Waals surface area (Å²) in [5.41, 5.74) is 1.04. The molecule has 0 unspecified atom stereocenters. The maximum atomic E-state index is 12.2. The summed E-state index contributed by atoms with van der Waals surface area (Å²) in [4.78, 5) is 17.1. The van der Waals surface area contributed by atoms with Gasteiger partial charge in [0.1, 0.15) is 5.04 Å². The van der Waals surface area contributed by atoms with E-state index in [1.165, 1.54) is 16.1 Å². The number of carbonyl (C=O) groups is 1. The smallest absolute Gasteiger partial charge is 0.317 e. The van der Waals surface area contributed by atoms with E-state index < -0.39 is 12.7 Å². The van der Waals surface area contributed by atoms with Gasteiger partial charge in [-0.2, -0.15) is 4.08 Å². The molecule has 0 aromatic heterocycles. The van der Waals surface area contributed by atoms with E-state index in [1.807, 2.05) is 40.7 Å². The maximum Gasteiger partial charge on any atom is 0.446 e. The van der Waals surface area contributed by atoms with E-state index in [2.05, 4.69) is 5.16 Å². The minimum atomic E-state index is -2.69. The number of hydrogen-bond acceptors (Lipinski definition) is 8. The summed E-state index contributed by atoms with van der Waals surface area (Å²) in [6, 6.07) is 9.83. The Bertz CT molecular complexity index is 667. The van der Waals surface area contributed by atoms with Crippen LogP contribution in [0.1, 0.15) is 18.9 Å². The minimum absolute atomic E-state index is 0.480. The van der Waals surface area contributed by atoms with Crippen molar-refractivity contribution in [3.63, 3.8) is 0 Å². The Labute approximate surface area is 167 Å². The molecule has 1 aromatic rings. The van der Waals surface area contributed by atoms with Gasteiger partial charge in [-0.3, -0.25) is 4.84 Å². The summed E-state index contributed by atoms with van der Waals surface area (Å²) in [6.07, 6.45) is 2.07. The molecule has 11 heteroatoms. The van der Waals surface area contributed by atoms with E-state index in [4.69, 9.17) is 25.7 Å². The molecule has 0 aliphatic carbocycles. The number of nitrogens with zero attached hydrogens (tertiary/aromatic N) is 3. The molecular formula is C15H22N3O4PS3. The molecule has 0 atom stereocenters. The second kappa shape index (κ2) is 10.7. The standard InChI is InChI=1S/C15H22N3O4PS3/c1-13(25-3)16-22-15(19)17(2)26-18(12-14-8-5-4-6-9-14)23(24)20-10-7-11-21-23/h4-6,8-9H,7,10-12H2,1-3H3/b16-13+. The van der Waals surface area contributed by atoms with Crippen LogP contribution in [0.25, 0.3) is 0 Å². The molecule has 1 aliphatic heterocycles. The van der Waals surface area contributed by atoms with Crippen molar-refractivity contribution in [1.82, 2.24) is 8.38 Å². The third-order valence-corrected chi connectivity index (χ3v) is 8.73. The van der Waals surface area contributed by atoms with Gasteiger partial charge >= 0.3 is 6.09 Å². The third kappa shape index (κ3) is 6.53. The van der Waals surface area contributed by atoms with E-state index in [-0.39, 0.29) is 0 Å². The first-order chi connectivity index (χ1) is 12.4. The Morgan fingerprint density at radius 1 is 1.35 bits per heavy atom. The lowest BCUT2D eigenvalue weighted by atomic mass is 10.2. The lowest BCUT2D eigenvalue weighted by molar-refractivity contribution is 0.136. The van der Waals surface area contributed by atoms with Crippen molar-refractivity contribution < 1.29 is 18.7 Å². The lowest BCUT2D eigenvalue weighted by Gasteiger charge is -2.36. The average molecular weight is 436 g/mol. The molecule has 0 bridgehead atoms. The van der Waals surface area contributed by atoms with E-state index in [9.17, 15) is 4.79 Å². The Kier molecular flexibility index (Phi) is 8.89. The van der Waals surface area contributed by atoms with Crippen molar-refractivity contribution in [2.45, 2.75) is 19.9 Å². The van der Waals surface area contributed by atoms with Crippen LogP contribution in [0.3, 0.4) is 0 Å². The van der Waals surface area contributed by atoms with Crippen LogP contribution >= 0.6 is 30.5 Å². The largest absolute Gasteiger partial charge is 0.446 e. The molecule has 2 rings (SSSR count). The second-order valence-corrected chi connectivity index (χ2v) is 11.0. The zero-order chi connectivity index (χ0) is 19.0. The van der Waals surface area contributed by atoms with Gasteiger partial charge in [0.25, 0.3) is 6.64 Å². The lowest BCUT2D eigenvalue weighted by Crippen LogP contribution is -2.28. The highest BCUT2D eigenvalue weighted by molar-refractivity contribution is 8.15. The Morgan fingerprint density at radius 2 is 2.00 bits per heavy atom. The summed E-state index contributed by atoms with van der Waals surface area (Å²) in [7, 11) is 1.60. The van der Waals surface area contributed by atoms with Crippen molar-refractivity contribution >= 4 is 53.5 Å². The van der Waals surface area contributed by atoms with Gasteiger partial charge in [0.2, 0.25) is 0 Å². The molecule has 1 aliphatic rings. The van der Waals surface area contributed by atoms with Gasteiger partial charge in [0.05, 0.1) is 25.3 Å². The van der Waals surface area contributed by atoms with Crippen molar-refractivity contribution in [3.05, 3.63) is 35.9 Å². The molecule has 1 saturated heterocycles. The summed E-state index contributed by atoms with van der Waals surface area (Å²) in [6.45, 7) is 0.658. The normalized spacial score (nSPS) is 17.2. The highest BCUT2D eigenvalue weighted by Gasteiger charge is 2.34. The van der Waals surface area contributed by atoms with E-state index in [0.29, 0.717) is 24.8 Å². The van der Waals surface area contributed by atoms with Crippen LogP contribution in [0.5, 0.6) is 0 Å². The fraction of sp³-hybridized carbons (Fsp3) is 0.467. The van der Waals surface area contributed by atoms with Gasteiger partial charge in [-0.15, -0.1) is 11.8 Å². The fourth-order valence-corrected chi connectivity index (χ4v) is 5.81. The molecule has 0 saturated carbocycles. The highest BCUT2D eigenvalue weighted by atomic mass is 32.5. The van der Waals surface area contributed by atoms with Crippen molar-refractivity contribution in [3.8, 4) is 0 Å². The SMILES string of the molecule is CS/C(C)=N/OC(=O)N(C)SN(Cc1ccccc1)P1(=S)OCCCO1. The molecule has 1 amide bonds. The number of amides is 1. The van der Waals surface area contributed by atoms with Crippen molar-refractivity contribution in [2.24, 2.45) is 5.16 Å². The van der Waals surface area contributed by atoms with E-state index in [1.54, 1.807) is 14.0 Å². The van der Waals surface area contributed by atoms with Crippen LogP contribution in [0, 0.1) is 0 Å². The molecule has 0 radical (unpaired) electrons. The summed E-state index contributed by atoms with van der Waals surface area (Å²) < 4.78 is 14.7. The summed E-state index contributed by atoms with van der Waals surface area (Å²) in [5, 5.41) is 4.42. The first-order valence-electron chi connectivity index (χ1n) is 7.87. The van der Waals surface area contributed by atoms with Gasteiger partial charge in [0, 0.05) is 13.6 Å². The Hall–Kier alpha value is -0.610. The number of carbonyl (C=O) groups excluding carboxylic acids is 1. The van der Waals surface area contributed by atoms with Gasteiger partial charge in [-0.05, 0) is 37.0 Å². The number of oxime groups is 1. The predicted molar refractivity (Wildman–Crippen MR) is 111 cm³/mol. The number of thioether (sulfide) groups is 1. The predicted octanol–water partition coefficient (Wildman–Crippen LogP) is 4.48. The molecule has 1 heterocycles. The number of hydrogen-bond donors (Lipinski definition) is 0. The highest BCUT2D eigenvalue weighted by Crippen LogP contribution is 2.58. The van der Waals surface area contributed by atoms with E-state index >= 15 is 0 Å². The Balaban J connectivity index is 2.10. The molecular weight excluding hydrogens is 413 g/mol. The zero-order valence-electron chi connectivity index (χ0n) is 14.9.